The summed E-state index contributed by atoms with van der Waals surface area (Å²) in [7, 11) is 5.43. The number of nitrogens with one attached hydrogen (secondary N) is 1. The molecule has 1 heterocycles. The fourth-order valence-corrected chi connectivity index (χ4v) is 4.28. The maximum atomic E-state index is 12.7. The first kappa shape index (κ1) is 23.0. The Hall–Kier alpha value is -1.06. The summed E-state index contributed by atoms with van der Waals surface area (Å²) in [6, 6.07) is 0. The first-order valence-corrected chi connectivity index (χ1v) is 9.33. The molecule has 2 fully saturated rings. The number of carbonyl (C=O) groups excluding carboxylic acids is 2. The number of aliphatic imine (C=N–C) groups is 1. The summed E-state index contributed by atoms with van der Waals surface area (Å²) in [5.74, 6) is 1.08. The summed E-state index contributed by atoms with van der Waals surface area (Å²) in [6.07, 6.45) is 6.54. The second-order valence-corrected chi connectivity index (χ2v) is 7.71. The van der Waals surface area contributed by atoms with Gasteiger partial charge in [-0.2, -0.15) is 0 Å². The average Bonchev–Trinajstić information content (AvgIpc) is 3.04. The molecule has 8 heteroatoms. The van der Waals surface area contributed by atoms with Crippen molar-refractivity contribution in [3.05, 3.63) is 0 Å². The van der Waals surface area contributed by atoms with Crippen LogP contribution < -0.4 is 11.1 Å². The lowest BCUT2D eigenvalue weighted by Crippen LogP contribution is -2.52. The molecule has 0 aromatic heterocycles. The van der Waals surface area contributed by atoms with Crippen molar-refractivity contribution < 1.29 is 9.59 Å². The Kier molecular flexibility index (Phi) is 9.12. The highest BCUT2D eigenvalue weighted by molar-refractivity contribution is 14.0. The van der Waals surface area contributed by atoms with Gasteiger partial charge in [0.15, 0.2) is 5.96 Å². The third-order valence-corrected chi connectivity index (χ3v) is 5.53. The summed E-state index contributed by atoms with van der Waals surface area (Å²) in [5.41, 5.74) is 5.03. The van der Waals surface area contributed by atoms with Gasteiger partial charge in [0, 0.05) is 47.2 Å². The van der Waals surface area contributed by atoms with Crippen molar-refractivity contribution in [2.75, 3.05) is 40.8 Å². The standard InChI is InChI=1S/C18H33N5O2.HI/c1-20-17(23-10-6-7-14(12-23)11-15(19)24)21-13-18(8-4-5-9-18)16(25)22(2)3;/h14H,4-13H2,1-3H3,(H2,19,24)(H,20,21);1H. The van der Waals surface area contributed by atoms with Crippen molar-refractivity contribution in [1.29, 1.82) is 0 Å². The van der Waals surface area contributed by atoms with Gasteiger partial charge in [0.25, 0.3) is 0 Å². The van der Waals surface area contributed by atoms with Crippen LogP contribution in [0, 0.1) is 11.3 Å². The molecular weight excluding hydrogens is 445 g/mol. The molecule has 1 unspecified atom stereocenters. The fraction of sp³-hybridized carbons (Fsp3) is 0.833. The van der Waals surface area contributed by atoms with Crippen LogP contribution in [0.2, 0.25) is 0 Å². The van der Waals surface area contributed by atoms with Crippen LogP contribution >= 0.6 is 24.0 Å². The maximum absolute atomic E-state index is 12.7. The Balaban J connectivity index is 0.00000338. The van der Waals surface area contributed by atoms with Crippen molar-refractivity contribution in [3.8, 4) is 0 Å². The minimum atomic E-state index is -0.318. The highest BCUT2D eigenvalue weighted by Crippen LogP contribution is 2.39. The summed E-state index contributed by atoms with van der Waals surface area (Å²) in [4.78, 5) is 32.2. The average molecular weight is 479 g/mol. The van der Waals surface area contributed by atoms with Gasteiger partial charge in [-0.25, -0.2) is 0 Å². The van der Waals surface area contributed by atoms with E-state index in [2.05, 4.69) is 15.2 Å². The Morgan fingerprint density at radius 3 is 2.46 bits per heavy atom. The van der Waals surface area contributed by atoms with Gasteiger partial charge in [-0.05, 0) is 31.6 Å². The van der Waals surface area contributed by atoms with Crippen LogP contribution in [0.4, 0.5) is 0 Å². The lowest BCUT2D eigenvalue weighted by molar-refractivity contribution is -0.138. The number of nitrogens with two attached hydrogens (primary N) is 1. The lowest BCUT2D eigenvalue weighted by atomic mass is 9.84. The fourth-order valence-electron chi connectivity index (χ4n) is 4.28. The smallest absolute Gasteiger partial charge is 0.230 e. The number of hydrogen-bond donors (Lipinski definition) is 2. The van der Waals surface area contributed by atoms with E-state index in [9.17, 15) is 9.59 Å². The van der Waals surface area contributed by atoms with Gasteiger partial charge in [-0.15, -0.1) is 24.0 Å². The topological polar surface area (TPSA) is 91.0 Å². The summed E-state index contributed by atoms with van der Waals surface area (Å²) in [6.45, 7) is 2.33. The largest absolute Gasteiger partial charge is 0.370 e. The van der Waals surface area contributed by atoms with Crippen LogP contribution in [0.15, 0.2) is 4.99 Å². The number of hydrogen-bond acceptors (Lipinski definition) is 3. The van der Waals surface area contributed by atoms with Gasteiger partial charge < -0.3 is 20.9 Å². The monoisotopic (exact) mass is 479 g/mol. The molecule has 1 saturated carbocycles. The Bertz CT molecular complexity index is 518. The van der Waals surface area contributed by atoms with Crippen LogP contribution in [0.1, 0.15) is 44.9 Å². The van der Waals surface area contributed by atoms with E-state index in [-0.39, 0.29) is 47.1 Å². The molecule has 1 aliphatic heterocycles. The summed E-state index contributed by atoms with van der Waals surface area (Å²) >= 11 is 0. The molecule has 0 aromatic carbocycles. The van der Waals surface area contributed by atoms with Crippen LogP contribution in [0.25, 0.3) is 0 Å². The zero-order valence-electron chi connectivity index (χ0n) is 16.3. The predicted molar refractivity (Wildman–Crippen MR) is 114 cm³/mol. The Morgan fingerprint density at radius 1 is 1.27 bits per heavy atom. The van der Waals surface area contributed by atoms with Gasteiger partial charge in [-0.1, -0.05) is 12.8 Å². The zero-order chi connectivity index (χ0) is 18.4. The lowest BCUT2D eigenvalue weighted by Gasteiger charge is -2.37. The molecule has 1 saturated heterocycles. The first-order valence-electron chi connectivity index (χ1n) is 9.33. The maximum Gasteiger partial charge on any atom is 0.230 e. The van der Waals surface area contributed by atoms with Crippen LogP contribution in [0.5, 0.6) is 0 Å². The van der Waals surface area contributed by atoms with Gasteiger partial charge >= 0.3 is 0 Å². The number of likely N-dealkylation sites (tertiary alicyclic amines) is 1. The normalized spacial score (nSPS) is 22.5. The second kappa shape index (κ2) is 10.3. The van der Waals surface area contributed by atoms with Gasteiger partial charge in [0.1, 0.15) is 0 Å². The van der Waals surface area contributed by atoms with E-state index in [1.54, 1.807) is 11.9 Å². The minimum absolute atomic E-state index is 0. The molecule has 7 nitrogen and oxygen atoms in total. The third-order valence-electron chi connectivity index (χ3n) is 5.53. The zero-order valence-corrected chi connectivity index (χ0v) is 18.6. The molecule has 0 aromatic rings. The summed E-state index contributed by atoms with van der Waals surface area (Å²) in [5, 5.41) is 3.44. The Morgan fingerprint density at radius 2 is 1.92 bits per heavy atom. The second-order valence-electron chi connectivity index (χ2n) is 7.71. The molecular formula is C18H34IN5O2. The molecule has 2 rings (SSSR count). The molecule has 3 N–H and O–H groups in total. The van der Waals surface area contributed by atoms with Crippen molar-refractivity contribution in [3.63, 3.8) is 0 Å². The highest BCUT2D eigenvalue weighted by Gasteiger charge is 2.42. The highest BCUT2D eigenvalue weighted by atomic mass is 127. The summed E-state index contributed by atoms with van der Waals surface area (Å²) < 4.78 is 0. The number of piperidine rings is 1. The SMILES string of the molecule is CN=C(NCC1(C(=O)N(C)C)CCCC1)N1CCCC(CC(N)=O)C1.I. The molecule has 0 bridgehead atoms. The van der Waals surface area contributed by atoms with E-state index >= 15 is 0 Å². The van der Waals surface area contributed by atoms with Crippen molar-refractivity contribution in [2.45, 2.75) is 44.9 Å². The van der Waals surface area contributed by atoms with Crippen molar-refractivity contribution >= 4 is 41.8 Å². The van der Waals surface area contributed by atoms with E-state index < -0.39 is 0 Å². The van der Waals surface area contributed by atoms with Crippen LogP contribution in [-0.4, -0.2) is 68.4 Å². The van der Waals surface area contributed by atoms with E-state index in [0.717, 1.165) is 57.6 Å². The number of guanidine groups is 1. The van der Waals surface area contributed by atoms with E-state index in [0.29, 0.717) is 13.0 Å². The van der Waals surface area contributed by atoms with Gasteiger partial charge in [0.05, 0.1) is 5.41 Å². The molecule has 0 radical (unpaired) electrons. The van der Waals surface area contributed by atoms with E-state index in [1.165, 1.54) is 0 Å². The third kappa shape index (κ3) is 5.72. The van der Waals surface area contributed by atoms with Gasteiger partial charge in [0.2, 0.25) is 11.8 Å². The molecule has 2 amide bonds. The number of amides is 2. The molecule has 1 aliphatic carbocycles. The van der Waals surface area contributed by atoms with Crippen molar-refractivity contribution in [2.24, 2.45) is 22.1 Å². The first-order chi connectivity index (χ1) is 11.9. The quantitative estimate of drug-likeness (QED) is 0.355. The number of halogens is 1. The molecule has 2 aliphatic rings. The number of nitrogens with zero attached hydrogens (tertiary/aromatic N) is 3. The molecule has 150 valence electrons. The van der Waals surface area contributed by atoms with Crippen LogP contribution in [-0.2, 0) is 9.59 Å². The number of carbonyl (C=O) groups is 2. The number of rotatable bonds is 5. The molecule has 1 atom stereocenters. The van der Waals surface area contributed by atoms with Gasteiger partial charge in [-0.3, -0.25) is 14.6 Å². The number of primary amides is 1. The van der Waals surface area contributed by atoms with Crippen LogP contribution in [0.3, 0.4) is 0 Å². The Labute approximate surface area is 174 Å². The minimum Gasteiger partial charge on any atom is -0.370 e. The molecule has 26 heavy (non-hydrogen) atoms. The van der Waals surface area contributed by atoms with E-state index in [4.69, 9.17) is 5.73 Å². The van der Waals surface area contributed by atoms with Crippen molar-refractivity contribution in [1.82, 2.24) is 15.1 Å². The molecule has 0 spiro atoms. The van der Waals surface area contributed by atoms with E-state index in [1.807, 2.05) is 14.1 Å². The predicted octanol–water partition coefficient (Wildman–Crippen LogP) is 1.42.